The Balaban J connectivity index is 1.29. The summed E-state index contributed by atoms with van der Waals surface area (Å²) < 4.78 is 0. The van der Waals surface area contributed by atoms with E-state index >= 15 is 0 Å². The number of aliphatic hydroxyl groups is 1. The Morgan fingerprint density at radius 3 is 2.31 bits per heavy atom. The van der Waals surface area contributed by atoms with Crippen LogP contribution < -0.4 is 0 Å². The van der Waals surface area contributed by atoms with E-state index in [0.29, 0.717) is 43.0 Å². The largest absolute Gasteiger partial charge is 0.393 e. The summed E-state index contributed by atoms with van der Waals surface area (Å²) in [6.45, 7) is 15.6. The van der Waals surface area contributed by atoms with Crippen LogP contribution in [0.5, 0.6) is 0 Å². The molecule has 212 valence electrons. The molecular weight excluding hydrogens is 508 g/mol. The number of amides is 2. The Morgan fingerprint density at radius 2 is 1.67 bits per heavy atom. The molecule has 2 aliphatic carbocycles. The molecule has 1 N–H and O–H groups in total. The van der Waals surface area contributed by atoms with E-state index in [1.165, 1.54) is 5.57 Å². The summed E-state index contributed by atoms with van der Waals surface area (Å²) in [5.74, 6) is 0.888. The number of halogens is 1. The van der Waals surface area contributed by atoms with Crippen LogP contribution in [-0.4, -0.2) is 59.0 Å². The van der Waals surface area contributed by atoms with Crippen LogP contribution in [0.25, 0.3) is 6.08 Å². The first-order valence-electron chi connectivity index (χ1n) is 14.5. The van der Waals surface area contributed by atoms with E-state index in [0.717, 1.165) is 49.7 Å². The van der Waals surface area contributed by atoms with Crippen molar-refractivity contribution >= 4 is 29.5 Å². The Bertz CT molecular complexity index is 1130. The average Bonchev–Trinajstić information content (AvgIpc) is 2.90. The standard InChI is InChI=1S/C33H45ClN2O3/c1-23(6-13-27-24(2)7-14-28-32(3,4)29(37)16-17-33(27,28)5)22-31(39)36-20-18-35(19-21-36)30(38)15-10-25-8-11-26(34)12-9-25/h8-12,15,22,27-29,37H,2,6-7,13-14,16-21H2,1,3-5H3/b15-10+,23-22+/t27-,28-,29-,33+/m1/s1. The number of fused-ring (bicyclic) bond motifs is 1. The van der Waals surface area contributed by atoms with Gasteiger partial charge < -0.3 is 14.9 Å². The maximum atomic E-state index is 13.0. The number of allylic oxidation sites excluding steroid dienone is 2. The summed E-state index contributed by atoms with van der Waals surface area (Å²) in [5, 5.41) is 11.4. The van der Waals surface area contributed by atoms with Crippen LogP contribution in [-0.2, 0) is 9.59 Å². The summed E-state index contributed by atoms with van der Waals surface area (Å²) in [4.78, 5) is 29.3. The Labute approximate surface area is 239 Å². The van der Waals surface area contributed by atoms with E-state index in [1.807, 2.05) is 17.0 Å². The van der Waals surface area contributed by atoms with Crippen LogP contribution in [0.15, 0.2) is 54.1 Å². The van der Waals surface area contributed by atoms with Crippen LogP contribution in [0, 0.1) is 22.7 Å². The lowest BCUT2D eigenvalue weighted by Gasteiger charge is -2.59. The van der Waals surface area contributed by atoms with Gasteiger partial charge in [0, 0.05) is 43.4 Å². The molecule has 3 aliphatic rings. The zero-order valence-electron chi connectivity index (χ0n) is 24.1. The van der Waals surface area contributed by atoms with Crippen molar-refractivity contribution in [3.05, 3.63) is 64.7 Å². The van der Waals surface area contributed by atoms with Crippen molar-refractivity contribution in [2.45, 2.75) is 72.3 Å². The lowest BCUT2D eigenvalue weighted by Crippen LogP contribution is -2.54. The SMILES string of the molecule is C=C1CC[C@@H]2C(C)(C)[C@H](O)CC[C@@]2(C)[C@@H]1CC/C(C)=C/C(=O)N1CCN(C(=O)/C=C/c2ccc(Cl)cc2)CC1. The fourth-order valence-electron chi connectivity index (χ4n) is 7.44. The number of hydrogen-bond acceptors (Lipinski definition) is 3. The lowest BCUT2D eigenvalue weighted by atomic mass is 9.46. The molecule has 2 amide bonds. The van der Waals surface area contributed by atoms with Crippen molar-refractivity contribution in [2.75, 3.05) is 26.2 Å². The Hall–Kier alpha value is -2.37. The molecule has 4 rings (SSSR count). The first-order valence-corrected chi connectivity index (χ1v) is 14.8. The second kappa shape index (κ2) is 12.0. The van der Waals surface area contributed by atoms with Gasteiger partial charge in [0.05, 0.1) is 6.10 Å². The summed E-state index contributed by atoms with van der Waals surface area (Å²) in [7, 11) is 0. The minimum Gasteiger partial charge on any atom is -0.393 e. The molecule has 3 fully saturated rings. The van der Waals surface area contributed by atoms with Gasteiger partial charge in [-0.05, 0) is 91.9 Å². The molecule has 0 radical (unpaired) electrons. The number of benzene rings is 1. The topological polar surface area (TPSA) is 60.9 Å². The molecule has 2 saturated carbocycles. The van der Waals surface area contributed by atoms with Gasteiger partial charge >= 0.3 is 0 Å². The zero-order chi connectivity index (χ0) is 28.4. The molecule has 1 heterocycles. The zero-order valence-corrected chi connectivity index (χ0v) is 24.8. The Kier molecular flexibility index (Phi) is 9.12. The number of rotatable bonds is 6. The summed E-state index contributed by atoms with van der Waals surface area (Å²) in [6.07, 6.45) is 10.8. The van der Waals surface area contributed by atoms with E-state index in [-0.39, 0.29) is 28.7 Å². The highest BCUT2D eigenvalue weighted by molar-refractivity contribution is 6.30. The molecule has 5 nitrogen and oxygen atoms in total. The molecule has 1 aliphatic heterocycles. The summed E-state index contributed by atoms with van der Waals surface area (Å²) >= 11 is 5.92. The third-order valence-corrected chi connectivity index (χ3v) is 10.2. The molecule has 6 heteroatoms. The fraction of sp³-hybridized carbons (Fsp3) is 0.576. The highest BCUT2D eigenvalue weighted by Crippen LogP contribution is 2.61. The third kappa shape index (κ3) is 6.52. The van der Waals surface area contributed by atoms with E-state index in [4.69, 9.17) is 11.6 Å². The predicted molar refractivity (Wildman–Crippen MR) is 159 cm³/mol. The Morgan fingerprint density at radius 1 is 1.05 bits per heavy atom. The smallest absolute Gasteiger partial charge is 0.246 e. The van der Waals surface area contributed by atoms with Crippen molar-refractivity contribution in [1.29, 1.82) is 0 Å². The number of carbonyl (C=O) groups is 2. The van der Waals surface area contributed by atoms with Crippen LogP contribution in [0.2, 0.25) is 5.02 Å². The van der Waals surface area contributed by atoms with Crippen LogP contribution in [0.1, 0.15) is 71.8 Å². The van der Waals surface area contributed by atoms with Gasteiger partial charge in [-0.1, -0.05) is 62.2 Å². The quantitative estimate of drug-likeness (QED) is 0.323. The minimum atomic E-state index is -0.239. The molecule has 0 aromatic heterocycles. The van der Waals surface area contributed by atoms with Crippen LogP contribution >= 0.6 is 11.6 Å². The van der Waals surface area contributed by atoms with Gasteiger partial charge in [0.2, 0.25) is 11.8 Å². The second-order valence-corrected chi connectivity index (χ2v) is 13.2. The maximum absolute atomic E-state index is 13.0. The number of nitrogens with zero attached hydrogens (tertiary/aromatic N) is 2. The molecular formula is C33H45ClN2O3. The van der Waals surface area contributed by atoms with Gasteiger partial charge in [0.15, 0.2) is 0 Å². The van der Waals surface area contributed by atoms with Gasteiger partial charge in [0.1, 0.15) is 0 Å². The predicted octanol–water partition coefficient (Wildman–Crippen LogP) is 6.52. The van der Waals surface area contributed by atoms with E-state index in [2.05, 4.69) is 34.3 Å². The van der Waals surface area contributed by atoms with Crippen LogP contribution in [0.3, 0.4) is 0 Å². The lowest BCUT2D eigenvalue weighted by molar-refractivity contribution is -0.134. The fourth-order valence-corrected chi connectivity index (χ4v) is 7.57. The first kappa shape index (κ1) is 29.6. The first-order chi connectivity index (χ1) is 18.4. The maximum Gasteiger partial charge on any atom is 0.246 e. The normalized spacial score (nSPS) is 29.4. The van der Waals surface area contributed by atoms with E-state index in [9.17, 15) is 14.7 Å². The van der Waals surface area contributed by atoms with Crippen molar-refractivity contribution < 1.29 is 14.7 Å². The van der Waals surface area contributed by atoms with Gasteiger partial charge in [-0.15, -0.1) is 0 Å². The number of carbonyl (C=O) groups excluding carboxylic acids is 2. The molecule has 0 bridgehead atoms. The molecule has 1 saturated heterocycles. The van der Waals surface area contributed by atoms with Crippen LogP contribution in [0.4, 0.5) is 0 Å². The monoisotopic (exact) mass is 552 g/mol. The second-order valence-electron chi connectivity index (χ2n) is 12.7. The highest BCUT2D eigenvalue weighted by atomic mass is 35.5. The summed E-state index contributed by atoms with van der Waals surface area (Å²) in [6, 6.07) is 7.35. The van der Waals surface area contributed by atoms with Crippen molar-refractivity contribution in [3.63, 3.8) is 0 Å². The number of piperazine rings is 1. The van der Waals surface area contributed by atoms with E-state index in [1.54, 1.807) is 35.3 Å². The molecule has 4 atom stereocenters. The minimum absolute atomic E-state index is 0.0322. The van der Waals surface area contributed by atoms with Crippen molar-refractivity contribution in [3.8, 4) is 0 Å². The van der Waals surface area contributed by atoms with Gasteiger partial charge in [-0.3, -0.25) is 9.59 Å². The molecule has 39 heavy (non-hydrogen) atoms. The van der Waals surface area contributed by atoms with Gasteiger partial charge in [0.25, 0.3) is 0 Å². The van der Waals surface area contributed by atoms with E-state index < -0.39 is 0 Å². The summed E-state index contributed by atoms with van der Waals surface area (Å²) in [5.41, 5.74) is 3.42. The van der Waals surface area contributed by atoms with Crippen molar-refractivity contribution in [2.24, 2.45) is 22.7 Å². The number of aliphatic hydroxyl groups excluding tert-OH is 1. The number of hydrogen-bond donors (Lipinski definition) is 1. The molecule has 0 spiro atoms. The van der Waals surface area contributed by atoms with Crippen molar-refractivity contribution in [1.82, 2.24) is 9.80 Å². The highest BCUT2D eigenvalue weighted by Gasteiger charge is 2.55. The van der Waals surface area contributed by atoms with Gasteiger partial charge in [-0.25, -0.2) is 0 Å². The average molecular weight is 553 g/mol. The molecule has 1 aromatic rings. The van der Waals surface area contributed by atoms with Gasteiger partial charge in [-0.2, -0.15) is 0 Å². The molecule has 1 aromatic carbocycles. The third-order valence-electron chi connectivity index (χ3n) is 9.94. The molecule has 0 unspecified atom stereocenters.